The van der Waals surface area contributed by atoms with Gasteiger partial charge in [-0.2, -0.15) is 0 Å². The molecule has 0 N–H and O–H groups in total. The summed E-state index contributed by atoms with van der Waals surface area (Å²) in [4.78, 5) is 14.2. The molecule has 134 valence electrons. The highest BCUT2D eigenvalue weighted by Crippen LogP contribution is 2.35. The van der Waals surface area contributed by atoms with Crippen LogP contribution >= 0.6 is 11.8 Å². The average Bonchev–Trinajstić information content (AvgIpc) is 3.05. The topological polar surface area (TPSA) is 38.8 Å². The van der Waals surface area contributed by atoms with Gasteiger partial charge in [0.25, 0.3) is 0 Å². The zero-order valence-corrected chi connectivity index (χ0v) is 15.3. The van der Waals surface area contributed by atoms with E-state index < -0.39 is 0 Å². The van der Waals surface area contributed by atoms with Gasteiger partial charge < -0.3 is 14.4 Å². The van der Waals surface area contributed by atoms with Crippen molar-refractivity contribution in [2.45, 2.75) is 31.2 Å². The summed E-state index contributed by atoms with van der Waals surface area (Å²) >= 11 is 1.57. The Morgan fingerprint density at radius 2 is 2.04 bits per heavy atom. The second kappa shape index (κ2) is 7.87. The Kier molecular flexibility index (Phi) is 5.16. The van der Waals surface area contributed by atoms with Crippen LogP contribution in [0.2, 0.25) is 0 Å². The van der Waals surface area contributed by atoms with E-state index >= 15 is 0 Å². The van der Waals surface area contributed by atoms with Gasteiger partial charge in [0.15, 0.2) is 5.76 Å². The lowest BCUT2D eigenvalue weighted by Crippen LogP contribution is -2.34. The molecule has 4 rings (SSSR count). The molecule has 3 aliphatic rings. The zero-order chi connectivity index (χ0) is 17.8. The van der Waals surface area contributed by atoms with Crippen molar-refractivity contribution in [1.29, 1.82) is 0 Å². The van der Waals surface area contributed by atoms with E-state index in [4.69, 9.17) is 9.47 Å². The van der Waals surface area contributed by atoms with Crippen molar-refractivity contribution in [3.63, 3.8) is 0 Å². The second-order valence-electron chi connectivity index (χ2n) is 6.48. The van der Waals surface area contributed by atoms with Crippen LogP contribution in [0.25, 0.3) is 0 Å². The van der Waals surface area contributed by atoms with Crippen LogP contribution in [-0.4, -0.2) is 21.9 Å². The number of thioether (sulfide) groups is 1. The number of carbonyl (C=O) groups excluding carboxylic acids is 1. The zero-order valence-electron chi connectivity index (χ0n) is 14.5. The quantitative estimate of drug-likeness (QED) is 0.769. The number of ether oxygens (including phenoxy) is 2. The van der Waals surface area contributed by atoms with E-state index in [9.17, 15) is 4.79 Å². The van der Waals surface area contributed by atoms with Gasteiger partial charge in [0, 0.05) is 13.0 Å². The van der Waals surface area contributed by atoms with Gasteiger partial charge in [0.2, 0.25) is 5.91 Å². The molecular weight excluding hydrogens is 346 g/mol. The van der Waals surface area contributed by atoms with E-state index in [0.29, 0.717) is 18.1 Å². The molecule has 4 nitrogen and oxygen atoms in total. The van der Waals surface area contributed by atoms with Crippen LogP contribution in [0.15, 0.2) is 78.2 Å². The molecular formula is C21H21NO3S. The maximum Gasteiger partial charge on any atom is 0.234 e. The average molecular weight is 367 g/mol. The molecule has 1 aromatic rings. The summed E-state index contributed by atoms with van der Waals surface area (Å²) < 4.78 is 11.6. The molecule has 2 heterocycles. The Hall–Kier alpha value is -2.40. The number of amides is 1. The van der Waals surface area contributed by atoms with Crippen molar-refractivity contribution in [3.8, 4) is 0 Å². The lowest BCUT2D eigenvalue weighted by atomic mass is 10.0. The van der Waals surface area contributed by atoms with E-state index in [1.807, 2.05) is 35.2 Å². The van der Waals surface area contributed by atoms with E-state index in [-0.39, 0.29) is 11.3 Å². The van der Waals surface area contributed by atoms with Crippen LogP contribution in [0.4, 0.5) is 0 Å². The SMILES string of the molecule is O=C1CSC(C2=COC(CC3=CC=CCC3)=CO2)N1Cc1ccccc1. The fraction of sp³-hybridized carbons (Fsp3) is 0.286. The van der Waals surface area contributed by atoms with Gasteiger partial charge in [0.05, 0.1) is 5.75 Å². The highest BCUT2D eigenvalue weighted by molar-refractivity contribution is 8.01. The van der Waals surface area contributed by atoms with Crippen molar-refractivity contribution in [3.05, 3.63) is 83.7 Å². The molecule has 1 aliphatic carbocycles. The lowest BCUT2D eigenvalue weighted by molar-refractivity contribution is -0.128. The van der Waals surface area contributed by atoms with Crippen molar-refractivity contribution >= 4 is 17.7 Å². The van der Waals surface area contributed by atoms with Crippen LogP contribution < -0.4 is 0 Å². The predicted molar refractivity (Wildman–Crippen MR) is 103 cm³/mol. The number of benzene rings is 1. The Balaban J connectivity index is 1.40. The summed E-state index contributed by atoms with van der Waals surface area (Å²) in [6.07, 6.45) is 12.6. The smallest absolute Gasteiger partial charge is 0.234 e. The van der Waals surface area contributed by atoms with Crippen LogP contribution in [0.3, 0.4) is 0 Å². The van der Waals surface area contributed by atoms with Crippen LogP contribution in [-0.2, 0) is 20.8 Å². The van der Waals surface area contributed by atoms with Gasteiger partial charge in [-0.25, -0.2) is 0 Å². The maximum absolute atomic E-state index is 12.3. The molecule has 0 radical (unpaired) electrons. The lowest BCUT2D eigenvalue weighted by Gasteiger charge is -2.27. The Labute approximate surface area is 157 Å². The number of hydrogen-bond donors (Lipinski definition) is 0. The van der Waals surface area contributed by atoms with Gasteiger partial charge in [-0.1, -0.05) is 54.1 Å². The maximum atomic E-state index is 12.3. The highest BCUT2D eigenvalue weighted by Gasteiger charge is 2.36. The molecule has 2 aliphatic heterocycles. The third-order valence-electron chi connectivity index (χ3n) is 4.56. The molecule has 0 aromatic heterocycles. The molecule has 1 unspecified atom stereocenters. The minimum Gasteiger partial charge on any atom is -0.462 e. The fourth-order valence-corrected chi connectivity index (χ4v) is 4.30. The first-order valence-corrected chi connectivity index (χ1v) is 9.86. The van der Waals surface area contributed by atoms with Crippen LogP contribution in [0.1, 0.15) is 24.8 Å². The summed E-state index contributed by atoms with van der Waals surface area (Å²) in [5, 5.41) is -0.141. The van der Waals surface area contributed by atoms with E-state index in [1.165, 1.54) is 5.57 Å². The normalized spacial score (nSPS) is 22.3. The molecule has 0 bridgehead atoms. The minimum atomic E-state index is -0.141. The Bertz CT molecular complexity index is 795. The molecule has 0 spiro atoms. The first-order valence-electron chi connectivity index (χ1n) is 8.81. The summed E-state index contributed by atoms with van der Waals surface area (Å²) in [5.41, 5.74) is 2.45. The van der Waals surface area contributed by atoms with Gasteiger partial charge in [-0.05, 0) is 18.4 Å². The number of rotatable bonds is 5. The van der Waals surface area contributed by atoms with Gasteiger partial charge in [-0.15, -0.1) is 11.8 Å². The van der Waals surface area contributed by atoms with Gasteiger partial charge in [-0.3, -0.25) is 4.79 Å². The number of hydrogen-bond acceptors (Lipinski definition) is 4. The molecule has 0 saturated carbocycles. The van der Waals surface area contributed by atoms with E-state index in [2.05, 4.69) is 18.2 Å². The number of nitrogens with zero attached hydrogens (tertiary/aromatic N) is 1. The summed E-state index contributed by atoms with van der Waals surface area (Å²) in [6, 6.07) is 10.0. The molecule has 1 amide bonds. The predicted octanol–water partition coefficient (Wildman–Crippen LogP) is 4.48. The molecule has 26 heavy (non-hydrogen) atoms. The first-order chi connectivity index (χ1) is 12.8. The van der Waals surface area contributed by atoms with E-state index in [1.54, 1.807) is 24.3 Å². The molecule has 1 atom stereocenters. The van der Waals surface area contributed by atoms with Gasteiger partial charge in [0.1, 0.15) is 23.7 Å². The molecule has 1 fully saturated rings. The minimum absolute atomic E-state index is 0.127. The van der Waals surface area contributed by atoms with Crippen molar-refractivity contribution < 1.29 is 14.3 Å². The van der Waals surface area contributed by atoms with E-state index in [0.717, 1.165) is 30.6 Å². The standard InChI is InChI=1S/C21H21NO3S/c23-20-15-26-21(22(20)12-17-9-5-2-6-10-17)19-14-24-18(13-25-19)11-16-7-3-1-4-8-16/h1-3,5-7,9-10,13-14,21H,4,8,11-12,15H2. The third kappa shape index (κ3) is 3.88. The van der Waals surface area contributed by atoms with Crippen LogP contribution in [0.5, 0.6) is 0 Å². The summed E-state index contributed by atoms with van der Waals surface area (Å²) in [5.74, 6) is 2.08. The molecule has 1 saturated heterocycles. The van der Waals surface area contributed by atoms with Crippen LogP contribution in [0, 0.1) is 0 Å². The molecule has 5 heteroatoms. The molecule has 1 aromatic carbocycles. The summed E-state index contributed by atoms with van der Waals surface area (Å²) in [7, 11) is 0. The summed E-state index contributed by atoms with van der Waals surface area (Å²) in [6.45, 7) is 0.577. The van der Waals surface area contributed by atoms with Crippen molar-refractivity contribution in [1.82, 2.24) is 4.90 Å². The van der Waals surface area contributed by atoms with Gasteiger partial charge >= 0.3 is 0 Å². The Morgan fingerprint density at radius 3 is 2.77 bits per heavy atom. The fourth-order valence-electron chi connectivity index (χ4n) is 3.19. The van der Waals surface area contributed by atoms with Crippen molar-refractivity contribution in [2.75, 3.05) is 5.75 Å². The van der Waals surface area contributed by atoms with Crippen molar-refractivity contribution in [2.24, 2.45) is 0 Å². The largest absolute Gasteiger partial charge is 0.462 e. The highest BCUT2D eigenvalue weighted by atomic mass is 32.2. The monoisotopic (exact) mass is 367 g/mol. The third-order valence-corrected chi connectivity index (χ3v) is 5.78. The Morgan fingerprint density at radius 1 is 1.15 bits per heavy atom. The number of allylic oxidation sites excluding steroid dienone is 4. The number of carbonyl (C=O) groups is 1. The second-order valence-corrected chi connectivity index (χ2v) is 7.55. The first kappa shape index (κ1) is 17.0.